The van der Waals surface area contributed by atoms with Gasteiger partial charge in [0, 0.05) is 45.7 Å². The van der Waals surface area contributed by atoms with E-state index in [1.54, 1.807) is 0 Å². The summed E-state index contributed by atoms with van der Waals surface area (Å²) in [6.07, 6.45) is 0.843. The molecule has 2 aromatic heterocycles. The molecule has 2 heterocycles. The second-order valence-electron chi connectivity index (χ2n) is 13.6. The lowest BCUT2D eigenvalue weighted by Crippen LogP contribution is -2.00. The molecule has 0 unspecified atom stereocenters. The summed E-state index contributed by atoms with van der Waals surface area (Å²) in [5.41, 5.74) is 28.7. The van der Waals surface area contributed by atoms with Crippen molar-refractivity contribution in [2.45, 2.75) is 13.3 Å². The Morgan fingerprint density at radius 3 is 1.73 bits per heavy atom. The van der Waals surface area contributed by atoms with Crippen molar-refractivity contribution in [3.8, 4) is 73.0 Å². The third-order valence-electron chi connectivity index (χ3n) is 10.1. The second-order valence-corrected chi connectivity index (χ2v) is 13.6. The highest BCUT2D eigenvalue weighted by Crippen LogP contribution is 2.37. The van der Waals surface area contributed by atoms with Gasteiger partial charge in [0.05, 0.1) is 22.4 Å². The number of hydrogen-bond acceptors (Lipinski definition) is 5. The Bertz CT molecular complexity index is 2770. The zero-order valence-electron chi connectivity index (χ0n) is 30.4. The van der Waals surface area contributed by atoms with Crippen molar-refractivity contribution in [2.24, 2.45) is 0 Å². The lowest BCUT2D eigenvalue weighted by atomic mass is 9.95. The highest BCUT2D eigenvalue weighted by Gasteiger charge is 2.15. The highest BCUT2D eigenvalue weighted by molar-refractivity contribution is 5.87. The molecule has 4 N–H and O–H groups in total. The number of para-hydroxylation sites is 2. The first-order valence-corrected chi connectivity index (χ1v) is 18.5. The summed E-state index contributed by atoms with van der Waals surface area (Å²) in [7, 11) is 0. The van der Waals surface area contributed by atoms with Crippen molar-refractivity contribution >= 4 is 22.4 Å². The lowest BCUT2D eigenvalue weighted by molar-refractivity contribution is 0.908. The van der Waals surface area contributed by atoms with Crippen molar-refractivity contribution in [3.05, 3.63) is 182 Å². The molecule has 0 aliphatic rings. The molecule has 55 heavy (non-hydrogen) atoms. The second kappa shape index (κ2) is 14.3. The maximum atomic E-state index is 6.79. The molecule has 9 rings (SSSR count). The summed E-state index contributed by atoms with van der Waals surface area (Å²) in [5.74, 6) is 1.69. The van der Waals surface area contributed by atoms with E-state index in [0.29, 0.717) is 17.2 Å². The fourth-order valence-electron chi connectivity index (χ4n) is 7.33. The van der Waals surface area contributed by atoms with E-state index >= 15 is 0 Å². The predicted molar refractivity (Wildman–Crippen MR) is 227 cm³/mol. The van der Waals surface area contributed by atoms with Crippen LogP contribution in [0.2, 0.25) is 0 Å². The van der Waals surface area contributed by atoms with Crippen LogP contribution in [0, 0.1) is 0 Å². The molecule has 6 heteroatoms. The molecule has 6 nitrogen and oxygen atoms in total. The first-order valence-electron chi connectivity index (χ1n) is 18.5. The number of anilines is 2. The Labute approximate surface area is 320 Å². The molecule has 0 saturated carbocycles. The van der Waals surface area contributed by atoms with Crippen LogP contribution < -0.4 is 11.5 Å². The van der Waals surface area contributed by atoms with Gasteiger partial charge < -0.3 is 11.5 Å². The molecule has 0 aliphatic heterocycles. The summed E-state index contributed by atoms with van der Waals surface area (Å²) >= 11 is 0. The minimum atomic E-state index is 0.613. The smallest absolute Gasteiger partial charge is 0.160 e. The minimum Gasteiger partial charge on any atom is -0.398 e. The molecule has 0 saturated heterocycles. The van der Waals surface area contributed by atoms with Crippen LogP contribution in [0.4, 0.5) is 11.4 Å². The van der Waals surface area contributed by atoms with Crippen molar-refractivity contribution in [2.75, 3.05) is 11.5 Å². The van der Waals surface area contributed by atoms with Gasteiger partial charge in [0.2, 0.25) is 0 Å². The number of nitrogens with two attached hydrogens (primary N) is 2. The number of hydrogen-bond donors (Lipinski definition) is 2. The quantitative estimate of drug-likeness (QED) is 0.153. The van der Waals surface area contributed by atoms with Crippen LogP contribution in [0.25, 0.3) is 84.0 Å². The molecule has 0 atom stereocenters. The molecule has 0 aliphatic carbocycles. The standard InChI is InChI=1S/C49H38N6/c1-2-48-52-44-21-9-10-22-47(44)55(48)39-20-12-19-36(28-39)34-17-11-18-35(27-34)37-23-25-40(42(50)29-37)38-24-26-41(43(51)30-38)46-31-45(32-13-5-3-6-14-32)53-49(54-46)33-15-7-4-8-16-33/h3-31H,2,50-51H2,1H3. The summed E-state index contributed by atoms with van der Waals surface area (Å²) in [6, 6.07) is 60.1. The largest absolute Gasteiger partial charge is 0.398 e. The van der Waals surface area contributed by atoms with Crippen molar-refractivity contribution in [1.29, 1.82) is 0 Å². The third-order valence-corrected chi connectivity index (χ3v) is 10.1. The molecule has 0 spiro atoms. The Morgan fingerprint density at radius 2 is 1.00 bits per heavy atom. The van der Waals surface area contributed by atoms with Crippen LogP contribution in [0.15, 0.2) is 176 Å². The van der Waals surface area contributed by atoms with E-state index in [1.807, 2.05) is 78.9 Å². The van der Waals surface area contributed by atoms with Gasteiger partial charge >= 0.3 is 0 Å². The number of fused-ring (bicyclic) bond motifs is 1. The molecule has 0 fully saturated rings. The van der Waals surface area contributed by atoms with E-state index in [9.17, 15) is 0 Å². The first kappa shape index (κ1) is 33.5. The maximum absolute atomic E-state index is 6.79. The van der Waals surface area contributed by atoms with E-state index < -0.39 is 0 Å². The average molecular weight is 711 g/mol. The Kier molecular flexibility index (Phi) is 8.69. The number of nitrogen functional groups attached to an aromatic ring is 2. The number of rotatable bonds is 8. The fourth-order valence-corrected chi connectivity index (χ4v) is 7.33. The molecule has 264 valence electrons. The van der Waals surface area contributed by atoms with E-state index in [4.69, 9.17) is 26.4 Å². The van der Waals surface area contributed by atoms with E-state index in [2.05, 4.69) is 109 Å². The number of benzene rings is 7. The zero-order chi connectivity index (χ0) is 37.3. The van der Waals surface area contributed by atoms with Gasteiger partial charge in [-0.05, 0) is 76.3 Å². The molecule has 0 amide bonds. The van der Waals surface area contributed by atoms with E-state index in [-0.39, 0.29) is 0 Å². The summed E-state index contributed by atoms with van der Waals surface area (Å²) < 4.78 is 2.26. The van der Waals surface area contributed by atoms with Gasteiger partial charge in [-0.3, -0.25) is 4.57 Å². The zero-order valence-corrected chi connectivity index (χ0v) is 30.4. The molecular formula is C49H38N6. The Morgan fingerprint density at radius 1 is 0.436 bits per heavy atom. The van der Waals surface area contributed by atoms with Gasteiger partial charge in [-0.2, -0.15) is 0 Å². The van der Waals surface area contributed by atoms with Crippen LogP contribution in [0.1, 0.15) is 12.7 Å². The number of aromatic nitrogens is 4. The SMILES string of the molecule is CCc1nc2ccccc2n1-c1cccc(-c2cccc(-c3ccc(-c4ccc(-c5cc(-c6ccccc6)nc(-c6ccccc6)n5)c(N)c4)c(N)c3)c2)c1. The van der Waals surface area contributed by atoms with Gasteiger partial charge in [0.1, 0.15) is 5.82 Å². The van der Waals surface area contributed by atoms with Gasteiger partial charge in [0.25, 0.3) is 0 Å². The van der Waals surface area contributed by atoms with Gasteiger partial charge in [-0.15, -0.1) is 0 Å². The Balaban J connectivity index is 1.02. The molecule has 0 bridgehead atoms. The third kappa shape index (κ3) is 6.51. The lowest BCUT2D eigenvalue weighted by Gasteiger charge is -2.14. The maximum Gasteiger partial charge on any atom is 0.160 e. The number of aryl methyl sites for hydroxylation is 1. The molecular weight excluding hydrogens is 673 g/mol. The van der Waals surface area contributed by atoms with E-state index in [0.717, 1.165) is 90.4 Å². The van der Waals surface area contributed by atoms with Crippen molar-refractivity contribution in [3.63, 3.8) is 0 Å². The van der Waals surface area contributed by atoms with Crippen LogP contribution in [0.5, 0.6) is 0 Å². The summed E-state index contributed by atoms with van der Waals surface area (Å²) in [5, 5.41) is 0. The van der Waals surface area contributed by atoms with Crippen LogP contribution in [0.3, 0.4) is 0 Å². The topological polar surface area (TPSA) is 95.6 Å². The van der Waals surface area contributed by atoms with Crippen molar-refractivity contribution < 1.29 is 0 Å². The van der Waals surface area contributed by atoms with E-state index in [1.165, 1.54) is 0 Å². The first-order chi connectivity index (χ1) is 27.0. The summed E-state index contributed by atoms with van der Waals surface area (Å²) in [6.45, 7) is 2.15. The van der Waals surface area contributed by atoms with Gasteiger partial charge in [-0.1, -0.05) is 134 Å². The number of nitrogens with zero attached hydrogens (tertiary/aromatic N) is 4. The molecule has 7 aromatic carbocycles. The van der Waals surface area contributed by atoms with Crippen LogP contribution in [-0.4, -0.2) is 19.5 Å². The number of imidazole rings is 1. The fraction of sp³-hybridized carbons (Fsp3) is 0.0408. The van der Waals surface area contributed by atoms with Crippen LogP contribution >= 0.6 is 0 Å². The normalized spacial score (nSPS) is 11.2. The van der Waals surface area contributed by atoms with Crippen molar-refractivity contribution in [1.82, 2.24) is 19.5 Å². The molecule has 9 aromatic rings. The van der Waals surface area contributed by atoms with Crippen LogP contribution in [-0.2, 0) is 6.42 Å². The Hall–Kier alpha value is -7.31. The highest BCUT2D eigenvalue weighted by atomic mass is 15.1. The average Bonchev–Trinajstić information content (AvgIpc) is 3.63. The van der Waals surface area contributed by atoms with Gasteiger partial charge in [-0.25, -0.2) is 15.0 Å². The predicted octanol–water partition coefficient (Wildman–Crippen LogP) is 11.5. The minimum absolute atomic E-state index is 0.613. The summed E-state index contributed by atoms with van der Waals surface area (Å²) in [4.78, 5) is 14.8. The van der Waals surface area contributed by atoms with Gasteiger partial charge in [0.15, 0.2) is 5.82 Å². The molecule has 0 radical (unpaired) electrons. The monoisotopic (exact) mass is 710 g/mol.